The fourth-order valence-corrected chi connectivity index (χ4v) is 2.87. The van der Waals surface area contributed by atoms with Crippen LogP contribution in [-0.2, 0) is 21.4 Å². The number of anilines is 1. The molecule has 24 heavy (non-hydrogen) atoms. The Morgan fingerprint density at radius 3 is 2.54 bits per heavy atom. The van der Waals surface area contributed by atoms with E-state index in [-0.39, 0.29) is 17.7 Å². The van der Waals surface area contributed by atoms with Crippen LogP contribution >= 0.6 is 11.3 Å². The Bertz CT molecular complexity index is 735. The summed E-state index contributed by atoms with van der Waals surface area (Å²) in [5, 5.41) is 12.2. The number of aromatic nitrogens is 2. The average molecular weight is 347 g/mol. The van der Waals surface area contributed by atoms with Crippen molar-refractivity contribution in [2.24, 2.45) is 0 Å². The number of nitrogens with one attached hydrogen (secondary N) is 1. The highest BCUT2D eigenvalue weighted by molar-refractivity contribution is 7.15. The molecule has 0 radical (unpaired) electrons. The molecule has 0 spiro atoms. The van der Waals surface area contributed by atoms with Crippen LogP contribution in [0.4, 0.5) is 5.13 Å². The third kappa shape index (κ3) is 4.61. The Morgan fingerprint density at radius 1 is 1.21 bits per heavy atom. The highest BCUT2D eigenvalue weighted by atomic mass is 32.1. The molecule has 0 aliphatic rings. The highest BCUT2D eigenvalue weighted by Gasteiger charge is 2.20. The Kier molecular flexibility index (Phi) is 5.66. The first-order valence-electron chi connectivity index (χ1n) is 7.61. The van der Waals surface area contributed by atoms with Gasteiger partial charge in [0.15, 0.2) is 0 Å². The first kappa shape index (κ1) is 18.1. The van der Waals surface area contributed by atoms with Crippen LogP contribution in [0, 0.1) is 0 Å². The van der Waals surface area contributed by atoms with E-state index in [1.807, 2.05) is 32.9 Å². The van der Waals surface area contributed by atoms with Crippen molar-refractivity contribution in [3.05, 3.63) is 40.4 Å². The summed E-state index contributed by atoms with van der Waals surface area (Å²) in [5.74, 6) is -0.559. The van der Waals surface area contributed by atoms with Gasteiger partial charge in [-0.2, -0.15) is 0 Å². The van der Waals surface area contributed by atoms with Gasteiger partial charge in [0.2, 0.25) is 11.0 Å². The normalized spacial score (nSPS) is 11.2. The molecule has 0 bridgehead atoms. The van der Waals surface area contributed by atoms with Gasteiger partial charge in [-0.3, -0.25) is 4.79 Å². The number of ether oxygens (including phenoxy) is 1. The first-order valence-corrected chi connectivity index (χ1v) is 8.43. The Hall–Kier alpha value is -2.28. The molecule has 1 aromatic carbocycles. The second kappa shape index (κ2) is 7.53. The molecule has 1 heterocycles. The summed E-state index contributed by atoms with van der Waals surface area (Å²) in [5.41, 5.74) is 1.17. The van der Waals surface area contributed by atoms with Crippen LogP contribution < -0.4 is 5.32 Å². The molecule has 0 saturated heterocycles. The van der Waals surface area contributed by atoms with Crippen LogP contribution in [0.3, 0.4) is 0 Å². The van der Waals surface area contributed by atoms with E-state index in [1.165, 1.54) is 18.4 Å². The zero-order valence-electron chi connectivity index (χ0n) is 14.3. The number of rotatable bonds is 5. The summed E-state index contributed by atoms with van der Waals surface area (Å²) in [7, 11) is 1.34. The molecule has 1 amide bonds. The third-order valence-corrected chi connectivity index (χ3v) is 4.62. The molecule has 128 valence electrons. The van der Waals surface area contributed by atoms with Crippen LogP contribution in [0.2, 0.25) is 0 Å². The van der Waals surface area contributed by atoms with E-state index in [1.54, 1.807) is 12.1 Å². The van der Waals surface area contributed by atoms with Gasteiger partial charge in [0, 0.05) is 11.8 Å². The van der Waals surface area contributed by atoms with Crippen molar-refractivity contribution in [3.63, 3.8) is 0 Å². The third-order valence-electron chi connectivity index (χ3n) is 3.36. The van der Waals surface area contributed by atoms with Gasteiger partial charge in [0.25, 0.3) is 0 Å². The zero-order chi connectivity index (χ0) is 17.7. The number of carbonyl (C=O) groups excluding carboxylic acids is 2. The number of hydrogen-bond donors (Lipinski definition) is 1. The molecule has 7 heteroatoms. The van der Waals surface area contributed by atoms with Crippen LogP contribution in [0.15, 0.2) is 24.3 Å². The van der Waals surface area contributed by atoms with Crippen molar-refractivity contribution in [1.82, 2.24) is 10.2 Å². The number of aryl methyl sites for hydroxylation is 1. The van der Waals surface area contributed by atoms with Crippen molar-refractivity contribution in [1.29, 1.82) is 0 Å². The maximum absolute atomic E-state index is 12.1. The topological polar surface area (TPSA) is 81.2 Å². The Balaban J connectivity index is 1.97. The molecule has 0 aliphatic carbocycles. The van der Waals surface area contributed by atoms with E-state index in [0.717, 1.165) is 10.6 Å². The molecule has 1 N–H and O–H groups in total. The minimum Gasteiger partial charge on any atom is -0.465 e. The van der Waals surface area contributed by atoms with Gasteiger partial charge in [0.1, 0.15) is 5.01 Å². The highest BCUT2D eigenvalue weighted by Crippen LogP contribution is 2.27. The van der Waals surface area contributed by atoms with Gasteiger partial charge in [-0.1, -0.05) is 50.3 Å². The number of esters is 1. The van der Waals surface area contributed by atoms with Crippen LogP contribution in [-0.4, -0.2) is 29.2 Å². The van der Waals surface area contributed by atoms with Crippen LogP contribution in [0.25, 0.3) is 0 Å². The number of carbonyl (C=O) groups is 2. The van der Waals surface area contributed by atoms with Crippen molar-refractivity contribution < 1.29 is 14.3 Å². The lowest BCUT2D eigenvalue weighted by molar-refractivity contribution is -0.116. The molecule has 0 fully saturated rings. The minimum atomic E-state index is -0.398. The zero-order valence-corrected chi connectivity index (χ0v) is 15.1. The van der Waals surface area contributed by atoms with Gasteiger partial charge >= 0.3 is 5.97 Å². The second-order valence-electron chi connectivity index (χ2n) is 6.36. The summed E-state index contributed by atoms with van der Waals surface area (Å²) < 4.78 is 4.76. The number of hydrogen-bond acceptors (Lipinski definition) is 6. The average Bonchev–Trinajstić information content (AvgIpc) is 3.01. The molecular weight excluding hydrogens is 326 g/mol. The van der Waals surface area contributed by atoms with E-state index < -0.39 is 5.97 Å². The van der Waals surface area contributed by atoms with Crippen molar-refractivity contribution in [2.45, 2.75) is 39.0 Å². The van der Waals surface area contributed by atoms with E-state index in [4.69, 9.17) is 4.74 Å². The van der Waals surface area contributed by atoms with Crippen molar-refractivity contribution in [2.75, 3.05) is 12.4 Å². The fraction of sp³-hybridized carbons (Fsp3) is 0.412. The van der Waals surface area contributed by atoms with Crippen LogP contribution in [0.5, 0.6) is 0 Å². The summed E-state index contributed by atoms with van der Waals surface area (Å²) in [4.78, 5) is 23.8. The van der Waals surface area contributed by atoms with Gasteiger partial charge in [-0.15, -0.1) is 10.2 Å². The standard InChI is InChI=1S/C17H21N3O3S/c1-17(2,3)15-19-20-16(24-15)18-13(21)10-9-11-7-5-6-8-12(11)14(22)23-4/h5-8H,9-10H2,1-4H3,(H,18,20,21). The molecule has 6 nitrogen and oxygen atoms in total. The van der Waals surface area contributed by atoms with Crippen LogP contribution in [0.1, 0.15) is 48.1 Å². The molecule has 0 saturated carbocycles. The second-order valence-corrected chi connectivity index (χ2v) is 7.34. The summed E-state index contributed by atoms with van der Waals surface area (Å²) in [6, 6.07) is 7.12. The van der Waals surface area contributed by atoms with Gasteiger partial charge in [0.05, 0.1) is 12.7 Å². The summed E-state index contributed by atoms with van der Waals surface area (Å²) >= 11 is 1.37. The molecule has 0 unspecified atom stereocenters. The lowest BCUT2D eigenvalue weighted by Gasteiger charge is -2.12. The largest absolute Gasteiger partial charge is 0.465 e. The molecule has 0 aliphatic heterocycles. The van der Waals surface area contributed by atoms with Gasteiger partial charge < -0.3 is 10.1 Å². The molecule has 1 aromatic heterocycles. The number of amides is 1. The lowest BCUT2D eigenvalue weighted by Crippen LogP contribution is -2.13. The monoisotopic (exact) mass is 347 g/mol. The van der Waals surface area contributed by atoms with Gasteiger partial charge in [-0.05, 0) is 18.1 Å². The smallest absolute Gasteiger partial charge is 0.338 e. The summed E-state index contributed by atoms with van der Waals surface area (Å²) in [6.45, 7) is 6.13. The van der Waals surface area contributed by atoms with E-state index in [2.05, 4.69) is 15.5 Å². The van der Waals surface area contributed by atoms with Crippen molar-refractivity contribution in [3.8, 4) is 0 Å². The minimum absolute atomic E-state index is 0.0971. The van der Waals surface area contributed by atoms with E-state index in [0.29, 0.717) is 17.1 Å². The lowest BCUT2D eigenvalue weighted by atomic mass is 9.98. The predicted molar refractivity (Wildman–Crippen MR) is 93.3 cm³/mol. The first-order chi connectivity index (χ1) is 11.3. The predicted octanol–water partition coefficient (Wildman–Crippen LogP) is 3.19. The molecular formula is C17H21N3O3S. The number of nitrogens with zero attached hydrogens (tertiary/aromatic N) is 2. The molecule has 2 rings (SSSR count). The summed E-state index contributed by atoms with van der Waals surface area (Å²) in [6.07, 6.45) is 0.695. The van der Waals surface area contributed by atoms with E-state index >= 15 is 0 Å². The Labute approximate surface area is 145 Å². The quantitative estimate of drug-likeness (QED) is 0.840. The fourth-order valence-electron chi connectivity index (χ4n) is 2.05. The Morgan fingerprint density at radius 2 is 1.92 bits per heavy atom. The number of benzene rings is 1. The SMILES string of the molecule is COC(=O)c1ccccc1CCC(=O)Nc1nnc(C(C)(C)C)s1. The maximum Gasteiger partial charge on any atom is 0.338 e. The molecule has 2 aromatic rings. The molecule has 0 atom stereocenters. The van der Waals surface area contributed by atoms with Crippen molar-refractivity contribution >= 4 is 28.3 Å². The number of methoxy groups -OCH3 is 1. The van der Waals surface area contributed by atoms with E-state index in [9.17, 15) is 9.59 Å². The maximum atomic E-state index is 12.1. The van der Waals surface area contributed by atoms with Gasteiger partial charge in [-0.25, -0.2) is 4.79 Å².